The molecule has 1 aliphatic rings. The third-order valence-electron chi connectivity index (χ3n) is 3.33. The van der Waals surface area contributed by atoms with Crippen molar-refractivity contribution in [1.82, 2.24) is 10.2 Å². The van der Waals surface area contributed by atoms with E-state index in [2.05, 4.69) is 5.32 Å². The molecule has 1 amide bonds. The summed E-state index contributed by atoms with van der Waals surface area (Å²) in [5.74, 6) is 0.131. The van der Waals surface area contributed by atoms with Crippen LogP contribution in [0.3, 0.4) is 0 Å². The number of amides is 1. The highest BCUT2D eigenvalue weighted by Crippen LogP contribution is 2.22. The van der Waals surface area contributed by atoms with E-state index in [1.54, 1.807) is 17.0 Å². The van der Waals surface area contributed by atoms with Crippen LogP contribution in [0.1, 0.15) is 23.2 Å². The molecule has 1 aromatic carbocycles. The fourth-order valence-electron chi connectivity index (χ4n) is 2.18. The fourth-order valence-corrected chi connectivity index (χ4v) is 2.51. The molecule has 0 aromatic heterocycles. The van der Waals surface area contributed by atoms with E-state index in [0.29, 0.717) is 5.56 Å². The van der Waals surface area contributed by atoms with E-state index in [0.717, 1.165) is 29.5 Å². The molecule has 1 atom stereocenters. The third kappa shape index (κ3) is 2.95. The molecule has 98 valence electrons. The van der Waals surface area contributed by atoms with Gasteiger partial charge in [-0.2, -0.15) is 0 Å². The van der Waals surface area contributed by atoms with Crippen LogP contribution in [0.5, 0.6) is 5.75 Å². The van der Waals surface area contributed by atoms with Crippen molar-refractivity contribution in [3.63, 3.8) is 0 Å². The van der Waals surface area contributed by atoms with Crippen molar-refractivity contribution in [3.8, 4) is 5.75 Å². The van der Waals surface area contributed by atoms with Gasteiger partial charge in [-0.25, -0.2) is 0 Å². The minimum atomic E-state index is -0.0320. The molecule has 1 aliphatic heterocycles. The molecule has 1 saturated heterocycles. The molecule has 2 rings (SSSR count). The van der Waals surface area contributed by atoms with Crippen LogP contribution in [0.4, 0.5) is 0 Å². The lowest BCUT2D eigenvalue weighted by molar-refractivity contribution is 0.0708. The van der Waals surface area contributed by atoms with Gasteiger partial charge in [0.05, 0.1) is 3.57 Å². The molecular formula is C13H17IN2O2. The van der Waals surface area contributed by atoms with E-state index in [9.17, 15) is 9.90 Å². The number of aromatic hydroxyl groups is 1. The molecule has 1 aromatic rings. The van der Waals surface area contributed by atoms with Crippen molar-refractivity contribution in [1.29, 1.82) is 0 Å². The molecule has 0 saturated carbocycles. The molecule has 5 heteroatoms. The Morgan fingerprint density at radius 3 is 2.94 bits per heavy atom. The van der Waals surface area contributed by atoms with E-state index in [-0.39, 0.29) is 17.7 Å². The molecule has 0 aliphatic carbocycles. The van der Waals surface area contributed by atoms with Crippen molar-refractivity contribution in [2.75, 3.05) is 20.1 Å². The number of hydrogen-bond donors (Lipinski definition) is 2. The highest BCUT2D eigenvalue weighted by Gasteiger charge is 2.23. The SMILES string of the molecule is CN(C(=O)c1ccc(I)c(O)c1)C1CCCNC1. The van der Waals surface area contributed by atoms with Crippen LogP contribution in [0.2, 0.25) is 0 Å². The number of rotatable bonds is 2. The summed E-state index contributed by atoms with van der Waals surface area (Å²) in [4.78, 5) is 14.1. The quantitative estimate of drug-likeness (QED) is 0.792. The van der Waals surface area contributed by atoms with Gasteiger partial charge in [0.15, 0.2) is 0 Å². The van der Waals surface area contributed by atoms with Gasteiger partial charge in [-0.1, -0.05) is 0 Å². The summed E-state index contributed by atoms with van der Waals surface area (Å²) in [6, 6.07) is 5.30. The summed E-state index contributed by atoms with van der Waals surface area (Å²) in [7, 11) is 1.83. The Balaban J connectivity index is 2.11. The zero-order chi connectivity index (χ0) is 13.1. The Kier molecular flexibility index (Phi) is 4.45. The minimum Gasteiger partial charge on any atom is -0.507 e. The smallest absolute Gasteiger partial charge is 0.254 e. The first-order valence-corrected chi connectivity index (χ1v) is 7.14. The Bertz CT molecular complexity index is 445. The first kappa shape index (κ1) is 13.6. The lowest BCUT2D eigenvalue weighted by atomic mass is 10.1. The normalized spacial score (nSPS) is 19.6. The van der Waals surface area contributed by atoms with Crippen LogP contribution in [0, 0.1) is 3.57 Å². The van der Waals surface area contributed by atoms with Gasteiger partial charge in [-0.3, -0.25) is 4.79 Å². The third-order valence-corrected chi connectivity index (χ3v) is 4.24. The lowest BCUT2D eigenvalue weighted by Crippen LogP contribution is -2.46. The molecule has 0 spiro atoms. The topological polar surface area (TPSA) is 52.6 Å². The number of carbonyl (C=O) groups excluding carboxylic acids is 1. The van der Waals surface area contributed by atoms with Crippen molar-refractivity contribution in [2.24, 2.45) is 0 Å². The fraction of sp³-hybridized carbons (Fsp3) is 0.462. The zero-order valence-corrected chi connectivity index (χ0v) is 12.5. The molecule has 0 bridgehead atoms. The number of benzene rings is 1. The van der Waals surface area contributed by atoms with E-state index in [4.69, 9.17) is 0 Å². The number of piperidine rings is 1. The van der Waals surface area contributed by atoms with Crippen LogP contribution in [-0.4, -0.2) is 42.1 Å². The van der Waals surface area contributed by atoms with Gasteiger partial charge in [0, 0.05) is 25.2 Å². The van der Waals surface area contributed by atoms with Gasteiger partial charge in [0.1, 0.15) is 5.75 Å². The van der Waals surface area contributed by atoms with Crippen molar-refractivity contribution in [2.45, 2.75) is 18.9 Å². The van der Waals surface area contributed by atoms with Crippen molar-refractivity contribution in [3.05, 3.63) is 27.3 Å². The van der Waals surface area contributed by atoms with Gasteiger partial charge in [-0.15, -0.1) is 0 Å². The Hall–Kier alpha value is -0.820. The highest BCUT2D eigenvalue weighted by molar-refractivity contribution is 14.1. The average Bonchev–Trinajstić information content (AvgIpc) is 2.41. The number of nitrogens with zero attached hydrogens (tertiary/aromatic N) is 1. The largest absolute Gasteiger partial charge is 0.507 e. The maximum atomic E-state index is 12.3. The minimum absolute atomic E-state index is 0.0320. The zero-order valence-electron chi connectivity index (χ0n) is 10.3. The summed E-state index contributed by atoms with van der Waals surface area (Å²) in [5.41, 5.74) is 0.543. The predicted octanol–water partition coefficient (Wildman–Crippen LogP) is 1.82. The predicted molar refractivity (Wildman–Crippen MR) is 78.8 cm³/mol. The molecule has 18 heavy (non-hydrogen) atoms. The Morgan fingerprint density at radius 1 is 1.56 bits per heavy atom. The van der Waals surface area contributed by atoms with Crippen LogP contribution in [-0.2, 0) is 0 Å². The first-order chi connectivity index (χ1) is 8.59. The second kappa shape index (κ2) is 5.88. The average molecular weight is 360 g/mol. The number of halogens is 1. The lowest BCUT2D eigenvalue weighted by Gasteiger charge is -2.31. The maximum Gasteiger partial charge on any atom is 0.254 e. The number of carbonyl (C=O) groups is 1. The molecule has 0 radical (unpaired) electrons. The van der Waals surface area contributed by atoms with Gasteiger partial charge >= 0.3 is 0 Å². The molecule has 2 N–H and O–H groups in total. The number of phenolic OH excluding ortho intramolecular Hbond substituents is 1. The van der Waals surface area contributed by atoms with Crippen LogP contribution in [0.15, 0.2) is 18.2 Å². The summed E-state index contributed by atoms with van der Waals surface area (Å²) in [5, 5.41) is 12.9. The molecule has 1 unspecified atom stereocenters. The number of nitrogens with one attached hydrogen (secondary N) is 1. The molecule has 1 heterocycles. The van der Waals surface area contributed by atoms with Crippen LogP contribution >= 0.6 is 22.6 Å². The van der Waals surface area contributed by atoms with E-state index >= 15 is 0 Å². The summed E-state index contributed by atoms with van der Waals surface area (Å²) in [6.07, 6.45) is 2.13. The highest BCUT2D eigenvalue weighted by atomic mass is 127. The van der Waals surface area contributed by atoms with Crippen LogP contribution < -0.4 is 5.32 Å². The molecular weight excluding hydrogens is 343 g/mol. The van der Waals surface area contributed by atoms with Gasteiger partial charge in [0.2, 0.25) is 0 Å². The van der Waals surface area contributed by atoms with E-state index < -0.39 is 0 Å². The summed E-state index contributed by atoms with van der Waals surface area (Å²) < 4.78 is 0.756. The number of likely N-dealkylation sites (N-methyl/N-ethyl adjacent to an activating group) is 1. The van der Waals surface area contributed by atoms with Crippen LogP contribution in [0.25, 0.3) is 0 Å². The standard InChI is InChI=1S/C13H17IN2O2/c1-16(10-3-2-6-15-8-10)13(18)9-4-5-11(14)12(17)7-9/h4-5,7,10,15,17H,2-3,6,8H2,1H3. The second-order valence-electron chi connectivity index (χ2n) is 4.58. The van der Waals surface area contributed by atoms with Gasteiger partial charge in [-0.05, 0) is 60.2 Å². The van der Waals surface area contributed by atoms with E-state index in [1.165, 1.54) is 6.07 Å². The second-order valence-corrected chi connectivity index (χ2v) is 5.74. The number of phenols is 1. The number of hydrogen-bond acceptors (Lipinski definition) is 3. The maximum absolute atomic E-state index is 12.3. The Labute approximate surface area is 121 Å². The summed E-state index contributed by atoms with van der Waals surface area (Å²) in [6.45, 7) is 1.88. The first-order valence-electron chi connectivity index (χ1n) is 6.06. The Morgan fingerprint density at radius 2 is 2.33 bits per heavy atom. The van der Waals surface area contributed by atoms with Gasteiger partial charge in [0.25, 0.3) is 5.91 Å². The molecule has 4 nitrogen and oxygen atoms in total. The summed E-state index contributed by atoms with van der Waals surface area (Å²) >= 11 is 2.04. The van der Waals surface area contributed by atoms with Gasteiger partial charge < -0.3 is 15.3 Å². The van der Waals surface area contributed by atoms with E-state index in [1.807, 2.05) is 29.6 Å². The molecule has 1 fully saturated rings. The van der Waals surface area contributed by atoms with Crippen molar-refractivity contribution < 1.29 is 9.90 Å². The van der Waals surface area contributed by atoms with Crippen molar-refractivity contribution >= 4 is 28.5 Å². The monoisotopic (exact) mass is 360 g/mol.